The lowest BCUT2D eigenvalue weighted by Gasteiger charge is -2.28. The van der Waals surface area contributed by atoms with Crippen molar-refractivity contribution in [1.29, 1.82) is 10.8 Å². The highest BCUT2D eigenvalue weighted by Gasteiger charge is 2.31. The Kier molecular flexibility index (Phi) is 8.35. The number of halogens is 3. The standard InChI is InChI=1S/C27H30F3N7O/c1-2-16-12-21(31)23(25(35-14-16)36-20-4-3-10-33-15-20)24(32)17-5-7-18(8-6-17)26(38)37-22-13-19(9-11-34-22)27(28,29)30/h5-9,11-13,20,23,31-33H,2-4,10,14-15H2,1H3,(H,35,36)(H,34,37,38). The van der Waals surface area contributed by atoms with E-state index in [1.165, 1.54) is 12.1 Å². The molecular weight excluding hydrogens is 495 g/mol. The number of pyridine rings is 1. The Labute approximate surface area is 218 Å². The van der Waals surface area contributed by atoms with E-state index in [-0.39, 0.29) is 28.8 Å². The lowest BCUT2D eigenvalue weighted by molar-refractivity contribution is -0.137. The van der Waals surface area contributed by atoms with Gasteiger partial charge in [-0.15, -0.1) is 0 Å². The number of carbonyl (C=O) groups excluding carboxylic acids is 1. The highest BCUT2D eigenvalue weighted by atomic mass is 19.4. The zero-order chi connectivity index (χ0) is 27.3. The van der Waals surface area contributed by atoms with Gasteiger partial charge in [-0.2, -0.15) is 13.2 Å². The molecule has 8 nitrogen and oxygen atoms in total. The minimum atomic E-state index is -4.55. The number of hydrogen-bond donors (Lipinski definition) is 5. The Morgan fingerprint density at radius 3 is 2.58 bits per heavy atom. The molecular formula is C27H30F3N7O. The summed E-state index contributed by atoms with van der Waals surface area (Å²) in [6, 6.07) is 7.94. The van der Waals surface area contributed by atoms with Crippen molar-refractivity contribution in [3.05, 3.63) is 70.9 Å². The van der Waals surface area contributed by atoms with Gasteiger partial charge in [0.05, 0.1) is 23.7 Å². The highest BCUT2D eigenvalue weighted by molar-refractivity contribution is 6.29. The maximum absolute atomic E-state index is 13.0. The van der Waals surface area contributed by atoms with Crippen LogP contribution in [0.25, 0.3) is 0 Å². The van der Waals surface area contributed by atoms with Gasteiger partial charge in [-0.1, -0.05) is 19.1 Å². The maximum atomic E-state index is 13.0. The molecule has 2 aromatic rings. The van der Waals surface area contributed by atoms with Crippen LogP contribution in [0, 0.1) is 16.7 Å². The molecule has 1 saturated heterocycles. The molecule has 0 radical (unpaired) electrons. The summed E-state index contributed by atoms with van der Waals surface area (Å²) in [6.45, 7) is 4.22. The van der Waals surface area contributed by atoms with E-state index in [1.54, 1.807) is 18.2 Å². The minimum Gasteiger partial charge on any atom is -0.369 e. The molecule has 2 unspecified atom stereocenters. The largest absolute Gasteiger partial charge is 0.416 e. The van der Waals surface area contributed by atoms with Crippen LogP contribution in [0.1, 0.15) is 47.7 Å². The lowest BCUT2D eigenvalue weighted by Crippen LogP contribution is -2.50. The number of hydrogen-bond acceptors (Lipinski definition) is 7. The number of anilines is 1. The molecule has 1 amide bonds. The molecule has 3 heterocycles. The molecule has 200 valence electrons. The van der Waals surface area contributed by atoms with Gasteiger partial charge in [0.15, 0.2) is 0 Å². The summed E-state index contributed by atoms with van der Waals surface area (Å²) in [6.07, 6.45) is 0.989. The molecule has 38 heavy (non-hydrogen) atoms. The van der Waals surface area contributed by atoms with Crippen LogP contribution in [0.5, 0.6) is 0 Å². The fraction of sp³-hybridized carbons (Fsp3) is 0.370. The van der Waals surface area contributed by atoms with Crippen LogP contribution in [0.2, 0.25) is 0 Å². The van der Waals surface area contributed by atoms with Crippen LogP contribution in [0.3, 0.4) is 0 Å². The number of nitrogens with one attached hydrogen (secondary N) is 5. The van der Waals surface area contributed by atoms with Gasteiger partial charge in [0.1, 0.15) is 11.7 Å². The SMILES string of the molecule is CCC1=CC(=N)C(C(=N)c2ccc(C(=O)Nc3cc(C(F)(F)F)ccn3)cc2)C(NC2CCCNC2)=NC1. The first-order valence-corrected chi connectivity index (χ1v) is 12.5. The zero-order valence-electron chi connectivity index (χ0n) is 21.0. The number of allylic oxidation sites excluding steroid dienone is 1. The molecule has 4 rings (SSSR count). The van der Waals surface area contributed by atoms with Crippen molar-refractivity contribution in [2.75, 3.05) is 25.0 Å². The highest BCUT2D eigenvalue weighted by Crippen LogP contribution is 2.30. The number of nitrogens with zero attached hydrogens (tertiary/aromatic N) is 2. The van der Waals surface area contributed by atoms with E-state index in [9.17, 15) is 18.0 Å². The average Bonchev–Trinajstić information content (AvgIpc) is 3.06. The lowest BCUT2D eigenvalue weighted by atomic mass is 9.89. The van der Waals surface area contributed by atoms with Crippen molar-refractivity contribution in [2.45, 2.75) is 38.4 Å². The second-order valence-corrected chi connectivity index (χ2v) is 9.31. The topological polar surface area (TPSA) is 126 Å². The summed E-state index contributed by atoms with van der Waals surface area (Å²) in [4.78, 5) is 21.2. The van der Waals surface area contributed by atoms with Crippen molar-refractivity contribution < 1.29 is 18.0 Å². The molecule has 2 aliphatic heterocycles. The van der Waals surface area contributed by atoms with Crippen LogP contribution >= 0.6 is 0 Å². The van der Waals surface area contributed by atoms with E-state index >= 15 is 0 Å². The third-order valence-electron chi connectivity index (χ3n) is 6.58. The van der Waals surface area contributed by atoms with Crippen LogP contribution in [-0.4, -0.2) is 53.8 Å². The number of carbonyl (C=O) groups is 1. The van der Waals surface area contributed by atoms with Crippen molar-refractivity contribution >= 4 is 29.0 Å². The first-order valence-electron chi connectivity index (χ1n) is 12.5. The third-order valence-corrected chi connectivity index (χ3v) is 6.58. The first kappa shape index (κ1) is 27.2. The van der Waals surface area contributed by atoms with Gasteiger partial charge in [-0.25, -0.2) is 4.98 Å². The van der Waals surface area contributed by atoms with E-state index in [4.69, 9.17) is 15.8 Å². The number of rotatable bonds is 6. The van der Waals surface area contributed by atoms with Crippen LogP contribution in [-0.2, 0) is 6.18 Å². The Morgan fingerprint density at radius 2 is 1.92 bits per heavy atom. The average molecular weight is 526 g/mol. The summed E-state index contributed by atoms with van der Waals surface area (Å²) in [5.41, 5.74) is 1.26. The van der Waals surface area contributed by atoms with E-state index in [0.717, 1.165) is 56.3 Å². The summed E-state index contributed by atoms with van der Waals surface area (Å²) in [5, 5.41) is 26.9. The van der Waals surface area contributed by atoms with Gasteiger partial charge in [0.2, 0.25) is 0 Å². The fourth-order valence-electron chi connectivity index (χ4n) is 4.42. The van der Waals surface area contributed by atoms with Crippen molar-refractivity contribution in [3.8, 4) is 0 Å². The van der Waals surface area contributed by atoms with Crippen LogP contribution in [0.4, 0.5) is 19.0 Å². The van der Waals surface area contributed by atoms with Gasteiger partial charge in [0.25, 0.3) is 5.91 Å². The number of aliphatic imine (C=N–C) groups is 1. The normalized spacial score (nSPS) is 20.2. The molecule has 1 aromatic heterocycles. The molecule has 11 heteroatoms. The Morgan fingerprint density at radius 1 is 1.18 bits per heavy atom. The molecule has 0 aliphatic carbocycles. The number of piperidine rings is 1. The summed E-state index contributed by atoms with van der Waals surface area (Å²) >= 11 is 0. The van der Waals surface area contributed by atoms with Crippen molar-refractivity contribution in [3.63, 3.8) is 0 Å². The molecule has 2 aliphatic rings. The molecule has 2 atom stereocenters. The molecule has 1 aromatic carbocycles. The molecule has 0 spiro atoms. The van der Waals surface area contributed by atoms with Gasteiger partial charge in [-0.3, -0.25) is 9.79 Å². The fourth-order valence-corrected chi connectivity index (χ4v) is 4.42. The van der Waals surface area contributed by atoms with Gasteiger partial charge < -0.3 is 26.8 Å². The van der Waals surface area contributed by atoms with E-state index in [2.05, 4.69) is 20.9 Å². The smallest absolute Gasteiger partial charge is 0.369 e. The minimum absolute atomic E-state index is 0.157. The molecule has 0 bridgehead atoms. The van der Waals surface area contributed by atoms with Gasteiger partial charge in [0, 0.05) is 30.1 Å². The number of aromatic nitrogens is 1. The maximum Gasteiger partial charge on any atom is 0.416 e. The van der Waals surface area contributed by atoms with Gasteiger partial charge in [-0.05, 0) is 67.3 Å². The number of benzene rings is 1. The second-order valence-electron chi connectivity index (χ2n) is 9.31. The van der Waals surface area contributed by atoms with Crippen LogP contribution < -0.4 is 16.0 Å². The van der Waals surface area contributed by atoms with E-state index in [1.807, 2.05) is 6.92 Å². The van der Waals surface area contributed by atoms with E-state index < -0.39 is 23.6 Å². The molecule has 1 fully saturated rings. The first-order chi connectivity index (χ1) is 18.2. The quantitative estimate of drug-likeness (QED) is 0.357. The van der Waals surface area contributed by atoms with E-state index in [0.29, 0.717) is 17.9 Å². The Bertz CT molecular complexity index is 1260. The molecule has 0 saturated carbocycles. The summed E-state index contributed by atoms with van der Waals surface area (Å²) in [5.74, 6) is -0.932. The van der Waals surface area contributed by atoms with Crippen molar-refractivity contribution in [1.82, 2.24) is 15.6 Å². The summed E-state index contributed by atoms with van der Waals surface area (Å²) in [7, 11) is 0. The third kappa shape index (κ3) is 6.52. The Balaban J connectivity index is 1.52. The number of alkyl halides is 3. The number of amidine groups is 1. The monoisotopic (exact) mass is 525 g/mol. The second kappa shape index (κ2) is 11.7. The predicted molar refractivity (Wildman–Crippen MR) is 141 cm³/mol. The number of amides is 1. The van der Waals surface area contributed by atoms with Crippen LogP contribution in [0.15, 0.2) is 59.2 Å². The summed E-state index contributed by atoms with van der Waals surface area (Å²) < 4.78 is 38.9. The van der Waals surface area contributed by atoms with Gasteiger partial charge >= 0.3 is 6.18 Å². The van der Waals surface area contributed by atoms with Crippen molar-refractivity contribution in [2.24, 2.45) is 10.9 Å². The Hall–Kier alpha value is -3.86. The molecule has 5 N–H and O–H groups in total. The predicted octanol–water partition coefficient (Wildman–Crippen LogP) is 4.45. The zero-order valence-corrected chi connectivity index (χ0v) is 21.0.